The third-order valence-electron chi connectivity index (χ3n) is 4.48. The van der Waals surface area contributed by atoms with Crippen molar-refractivity contribution in [3.63, 3.8) is 0 Å². The second kappa shape index (κ2) is 6.95. The zero-order valence-corrected chi connectivity index (χ0v) is 14.3. The number of benzene rings is 1. The Balaban J connectivity index is 2.01. The quantitative estimate of drug-likeness (QED) is 0.831. The summed E-state index contributed by atoms with van der Waals surface area (Å²) in [6.07, 6.45) is -0.640. The molecule has 1 fully saturated rings. The average molecular weight is 346 g/mol. The lowest BCUT2D eigenvalue weighted by Crippen LogP contribution is -2.42. The summed E-state index contributed by atoms with van der Waals surface area (Å²) in [5.74, 6) is 0. The van der Waals surface area contributed by atoms with E-state index in [1.807, 2.05) is 31.2 Å². The fourth-order valence-corrected chi connectivity index (χ4v) is 3.15. The predicted molar refractivity (Wildman–Crippen MR) is 91.6 cm³/mol. The van der Waals surface area contributed by atoms with E-state index in [4.69, 9.17) is 4.74 Å². The number of aromatic nitrogens is 2. The van der Waals surface area contributed by atoms with Crippen molar-refractivity contribution in [3.8, 4) is 0 Å². The Kier molecular flexibility index (Phi) is 4.89. The Labute approximate surface area is 144 Å². The summed E-state index contributed by atoms with van der Waals surface area (Å²) in [4.78, 5) is 25.3. The fourth-order valence-electron chi connectivity index (χ4n) is 3.15. The van der Waals surface area contributed by atoms with Crippen LogP contribution in [-0.4, -0.2) is 38.2 Å². The van der Waals surface area contributed by atoms with Gasteiger partial charge >= 0.3 is 5.69 Å². The molecular formula is C18H22N2O5. The maximum atomic E-state index is 12.8. The fraction of sp³-hybridized carbons (Fsp3) is 0.444. The summed E-state index contributed by atoms with van der Waals surface area (Å²) >= 11 is 0. The molecule has 1 aromatic heterocycles. The van der Waals surface area contributed by atoms with Gasteiger partial charge in [0, 0.05) is 18.2 Å². The van der Waals surface area contributed by atoms with E-state index in [1.165, 1.54) is 15.3 Å². The largest absolute Gasteiger partial charge is 0.394 e. The van der Waals surface area contributed by atoms with Crippen molar-refractivity contribution in [2.45, 2.75) is 45.2 Å². The van der Waals surface area contributed by atoms with Crippen molar-refractivity contribution in [2.75, 3.05) is 6.61 Å². The number of ether oxygens (including phenoxy) is 1. The molecule has 3 rings (SSSR count). The summed E-state index contributed by atoms with van der Waals surface area (Å²) in [7, 11) is 0. The predicted octanol–water partition coefficient (Wildman–Crippen LogP) is 0.316. The van der Waals surface area contributed by atoms with E-state index in [9.17, 15) is 19.8 Å². The minimum atomic E-state index is -0.848. The van der Waals surface area contributed by atoms with E-state index >= 15 is 0 Å². The number of aryl methyl sites for hydroxylation is 2. The van der Waals surface area contributed by atoms with Gasteiger partial charge in [-0.3, -0.25) is 13.9 Å². The van der Waals surface area contributed by atoms with Gasteiger partial charge in [0.25, 0.3) is 5.56 Å². The first-order valence-electron chi connectivity index (χ1n) is 8.23. The van der Waals surface area contributed by atoms with Crippen LogP contribution in [0.4, 0.5) is 0 Å². The Morgan fingerprint density at radius 1 is 1.28 bits per heavy atom. The van der Waals surface area contributed by atoms with Crippen LogP contribution in [0.2, 0.25) is 0 Å². The zero-order chi connectivity index (χ0) is 18.1. The third kappa shape index (κ3) is 3.44. The van der Waals surface area contributed by atoms with Gasteiger partial charge in [-0.15, -0.1) is 0 Å². The molecule has 1 aliphatic rings. The number of hydrogen-bond donors (Lipinski definition) is 2. The Morgan fingerprint density at radius 2 is 2.04 bits per heavy atom. The van der Waals surface area contributed by atoms with Gasteiger partial charge in [-0.2, -0.15) is 0 Å². The lowest BCUT2D eigenvalue weighted by Gasteiger charge is -2.17. The first-order chi connectivity index (χ1) is 11.9. The van der Waals surface area contributed by atoms with Gasteiger partial charge in [-0.25, -0.2) is 4.79 Å². The van der Waals surface area contributed by atoms with E-state index < -0.39 is 24.1 Å². The van der Waals surface area contributed by atoms with Crippen LogP contribution >= 0.6 is 0 Å². The summed E-state index contributed by atoms with van der Waals surface area (Å²) in [6.45, 7) is 3.43. The molecule has 0 bridgehead atoms. The van der Waals surface area contributed by atoms with Crippen molar-refractivity contribution < 1.29 is 14.9 Å². The highest BCUT2D eigenvalue weighted by atomic mass is 16.5. The van der Waals surface area contributed by atoms with Crippen molar-refractivity contribution in [2.24, 2.45) is 0 Å². The first-order valence-corrected chi connectivity index (χ1v) is 8.23. The van der Waals surface area contributed by atoms with Gasteiger partial charge < -0.3 is 14.9 Å². The molecule has 0 radical (unpaired) electrons. The molecule has 2 aromatic rings. The average Bonchev–Trinajstić information content (AvgIpc) is 2.95. The van der Waals surface area contributed by atoms with Gasteiger partial charge in [-0.1, -0.05) is 29.8 Å². The number of rotatable bonds is 4. The van der Waals surface area contributed by atoms with Crippen molar-refractivity contribution in [3.05, 3.63) is 68.0 Å². The Bertz CT molecular complexity index is 886. The summed E-state index contributed by atoms with van der Waals surface area (Å²) in [5.41, 5.74) is 1.48. The standard InChI is InChI=1S/C18H22N2O5/c1-11-4-3-5-13(6-11)9-20-17(23)12(2)8-19(18(20)24)16-7-14(22)15(10-21)25-16/h3-6,8,14-16,21-22H,7,9-10H2,1-2H3/t14-,15+,16+/m0/s1. The molecule has 1 aromatic carbocycles. The first kappa shape index (κ1) is 17.6. The van der Waals surface area contributed by atoms with Gasteiger partial charge in [-0.05, 0) is 19.4 Å². The second-order valence-electron chi connectivity index (χ2n) is 6.50. The minimum Gasteiger partial charge on any atom is -0.394 e. The van der Waals surface area contributed by atoms with Crippen LogP contribution in [-0.2, 0) is 11.3 Å². The van der Waals surface area contributed by atoms with Crippen LogP contribution in [0.1, 0.15) is 29.3 Å². The number of aliphatic hydroxyl groups is 2. The highest BCUT2D eigenvalue weighted by Crippen LogP contribution is 2.27. The molecule has 0 saturated carbocycles. The molecule has 0 aliphatic carbocycles. The molecule has 1 aliphatic heterocycles. The van der Waals surface area contributed by atoms with Crippen LogP contribution < -0.4 is 11.2 Å². The maximum absolute atomic E-state index is 12.8. The molecule has 3 atom stereocenters. The highest BCUT2D eigenvalue weighted by molar-refractivity contribution is 5.22. The van der Waals surface area contributed by atoms with E-state index in [2.05, 4.69) is 0 Å². The lowest BCUT2D eigenvalue weighted by atomic mass is 10.1. The zero-order valence-electron chi connectivity index (χ0n) is 14.3. The molecule has 1 saturated heterocycles. The highest BCUT2D eigenvalue weighted by Gasteiger charge is 2.35. The topological polar surface area (TPSA) is 93.7 Å². The van der Waals surface area contributed by atoms with Gasteiger partial charge in [0.05, 0.1) is 19.3 Å². The maximum Gasteiger partial charge on any atom is 0.333 e. The summed E-state index contributed by atoms with van der Waals surface area (Å²) < 4.78 is 8.05. The lowest BCUT2D eigenvalue weighted by molar-refractivity contribution is -0.0463. The Morgan fingerprint density at radius 3 is 2.68 bits per heavy atom. The molecule has 0 unspecified atom stereocenters. The van der Waals surface area contributed by atoms with E-state index in [-0.39, 0.29) is 25.1 Å². The van der Waals surface area contributed by atoms with Crippen LogP contribution in [0, 0.1) is 13.8 Å². The molecule has 134 valence electrons. The minimum absolute atomic E-state index is 0.166. The van der Waals surface area contributed by atoms with Crippen LogP contribution in [0.5, 0.6) is 0 Å². The van der Waals surface area contributed by atoms with Crippen molar-refractivity contribution in [1.29, 1.82) is 0 Å². The SMILES string of the molecule is Cc1cccc(Cn2c(=O)c(C)cn([C@H]3C[C@H](O)[C@@H](CO)O3)c2=O)c1. The summed E-state index contributed by atoms with van der Waals surface area (Å²) in [5, 5.41) is 19.1. The molecule has 25 heavy (non-hydrogen) atoms. The molecule has 0 amide bonds. The monoisotopic (exact) mass is 346 g/mol. The smallest absolute Gasteiger partial charge is 0.333 e. The molecular weight excluding hydrogens is 324 g/mol. The van der Waals surface area contributed by atoms with Crippen LogP contribution in [0.15, 0.2) is 40.1 Å². The molecule has 0 spiro atoms. The van der Waals surface area contributed by atoms with E-state index in [0.29, 0.717) is 5.56 Å². The number of hydrogen-bond acceptors (Lipinski definition) is 5. The number of nitrogens with zero attached hydrogens (tertiary/aromatic N) is 2. The van der Waals surface area contributed by atoms with E-state index in [1.54, 1.807) is 6.92 Å². The van der Waals surface area contributed by atoms with Crippen LogP contribution in [0.25, 0.3) is 0 Å². The van der Waals surface area contributed by atoms with Crippen molar-refractivity contribution in [1.82, 2.24) is 9.13 Å². The second-order valence-corrected chi connectivity index (χ2v) is 6.50. The van der Waals surface area contributed by atoms with Crippen molar-refractivity contribution >= 4 is 0 Å². The normalized spacial score (nSPS) is 23.1. The molecule has 7 nitrogen and oxygen atoms in total. The van der Waals surface area contributed by atoms with E-state index in [0.717, 1.165) is 11.1 Å². The molecule has 2 N–H and O–H groups in total. The van der Waals surface area contributed by atoms with Crippen LogP contribution in [0.3, 0.4) is 0 Å². The molecule has 2 heterocycles. The van der Waals surface area contributed by atoms with Gasteiger partial charge in [0.2, 0.25) is 0 Å². The van der Waals surface area contributed by atoms with Gasteiger partial charge in [0.1, 0.15) is 12.3 Å². The molecule has 7 heteroatoms. The number of aliphatic hydroxyl groups excluding tert-OH is 2. The summed E-state index contributed by atoms with van der Waals surface area (Å²) in [6, 6.07) is 7.62. The van der Waals surface area contributed by atoms with Gasteiger partial charge in [0.15, 0.2) is 0 Å². The third-order valence-corrected chi connectivity index (χ3v) is 4.48. The Hall–Kier alpha value is -2.22.